The number of hydrogen-bond donors (Lipinski definition) is 2. The Labute approximate surface area is 142 Å². The van der Waals surface area contributed by atoms with Crippen molar-refractivity contribution in [1.82, 2.24) is 4.98 Å². The van der Waals surface area contributed by atoms with Crippen molar-refractivity contribution >= 4 is 17.4 Å². The molecule has 1 aromatic heterocycles. The van der Waals surface area contributed by atoms with Crippen molar-refractivity contribution < 1.29 is 9.90 Å². The van der Waals surface area contributed by atoms with Crippen LogP contribution >= 0.6 is 0 Å². The molecule has 2 N–H and O–H groups in total. The van der Waals surface area contributed by atoms with Crippen LogP contribution in [0.4, 0.5) is 11.5 Å². The summed E-state index contributed by atoms with van der Waals surface area (Å²) in [5.74, 6) is 1.06. The Hall–Kier alpha value is -2.40. The molecule has 2 heterocycles. The number of carbonyl (C=O) groups excluding carboxylic acids is 1. The SMILES string of the molecule is Cc1ccc(N2CCC(C(=O)Nc3cccc(CO)c3)CC2)nc1. The Balaban J connectivity index is 1.55. The number of nitrogens with one attached hydrogen (secondary N) is 1. The Bertz CT molecular complexity index is 692. The summed E-state index contributed by atoms with van der Waals surface area (Å²) in [5.41, 5.74) is 2.69. The van der Waals surface area contributed by atoms with Crippen LogP contribution < -0.4 is 10.2 Å². The first-order valence-corrected chi connectivity index (χ1v) is 8.34. The van der Waals surface area contributed by atoms with Gasteiger partial charge in [-0.1, -0.05) is 18.2 Å². The highest BCUT2D eigenvalue weighted by molar-refractivity contribution is 5.92. The van der Waals surface area contributed by atoms with E-state index in [4.69, 9.17) is 0 Å². The maximum Gasteiger partial charge on any atom is 0.227 e. The molecular formula is C19H23N3O2. The molecule has 3 rings (SSSR count). The summed E-state index contributed by atoms with van der Waals surface area (Å²) in [7, 11) is 0. The molecule has 0 radical (unpaired) electrons. The van der Waals surface area contributed by atoms with Gasteiger partial charge < -0.3 is 15.3 Å². The van der Waals surface area contributed by atoms with Crippen LogP contribution in [0.2, 0.25) is 0 Å². The van der Waals surface area contributed by atoms with Crippen molar-refractivity contribution in [2.45, 2.75) is 26.4 Å². The zero-order chi connectivity index (χ0) is 16.9. The van der Waals surface area contributed by atoms with Gasteiger partial charge >= 0.3 is 0 Å². The number of pyridine rings is 1. The van der Waals surface area contributed by atoms with E-state index in [9.17, 15) is 9.90 Å². The fourth-order valence-corrected chi connectivity index (χ4v) is 3.01. The number of aryl methyl sites for hydroxylation is 1. The number of anilines is 2. The average molecular weight is 325 g/mol. The van der Waals surface area contributed by atoms with Crippen LogP contribution in [0.5, 0.6) is 0 Å². The van der Waals surface area contributed by atoms with E-state index in [1.165, 1.54) is 0 Å². The fraction of sp³-hybridized carbons (Fsp3) is 0.368. The number of benzene rings is 1. The van der Waals surface area contributed by atoms with Gasteiger partial charge in [0.15, 0.2) is 0 Å². The second-order valence-electron chi connectivity index (χ2n) is 6.30. The number of rotatable bonds is 4. The quantitative estimate of drug-likeness (QED) is 0.907. The summed E-state index contributed by atoms with van der Waals surface area (Å²) in [6, 6.07) is 11.4. The van der Waals surface area contributed by atoms with E-state index in [0.717, 1.165) is 48.6 Å². The largest absolute Gasteiger partial charge is 0.392 e. The van der Waals surface area contributed by atoms with Crippen LogP contribution in [0.3, 0.4) is 0 Å². The minimum atomic E-state index is -0.0222. The molecule has 0 atom stereocenters. The predicted molar refractivity (Wildman–Crippen MR) is 94.9 cm³/mol. The minimum Gasteiger partial charge on any atom is -0.392 e. The van der Waals surface area contributed by atoms with Gasteiger partial charge in [0, 0.05) is 30.9 Å². The lowest BCUT2D eigenvalue weighted by Crippen LogP contribution is -2.38. The van der Waals surface area contributed by atoms with Gasteiger partial charge in [-0.05, 0) is 49.1 Å². The monoisotopic (exact) mass is 325 g/mol. The van der Waals surface area contributed by atoms with Crippen molar-refractivity contribution in [3.8, 4) is 0 Å². The van der Waals surface area contributed by atoms with Crippen molar-refractivity contribution in [3.63, 3.8) is 0 Å². The van der Waals surface area contributed by atoms with Crippen LogP contribution in [-0.2, 0) is 11.4 Å². The van der Waals surface area contributed by atoms with Gasteiger partial charge in [0.25, 0.3) is 0 Å². The number of amides is 1. The third-order valence-corrected chi connectivity index (χ3v) is 4.46. The molecule has 5 heteroatoms. The number of aliphatic hydroxyl groups is 1. The number of piperidine rings is 1. The molecule has 1 aliphatic rings. The molecule has 24 heavy (non-hydrogen) atoms. The summed E-state index contributed by atoms with van der Waals surface area (Å²) in [4.78, 5) is 19.1. The lowest BCUT2D eigenvalue weighted by atomic mass is 9.95. The smallest absolute Gasteiger partial charge is 0.227 e. The lowest BCUT2D eigenvalue weighted by molar-refractivity contribution is -0.120. The molecule has 1 fully saturated rings. The van der Waals surface area contributed by atoms with Crippen molar-refractivity contribution in [3.05, 3.63) is 53.7 Å². The summed E-state index contributed by atoms with van der Waals surface area (Å²) >= 11 is 0. The molecule has 2 aromatic rings. The summed E-state index contributed by atoms with van der Waals surface area (Å²) < 4.78 is 0. The van der Waals surface area contributed by atoms with Gasteiger partial charge in [-0.25, -0.2) is 4.98 Å². The standard InChI is InChI=1S/C19H23N3O2/c1-14-5-6-18(20-12-14)22-9-7-16(8-10-22)19(24)21-17-4-2-3-15(11-17)13-23/h2-6,11-12,16,23H,7-10,13H2,1H3,(H,21,24). The number of aromatic nitrogens is 1. The molecule has 0 aliphatic carbocycles. The lowest BCUT2D eigenvalue weighted by Gasteiger charge is -2.32. The molecule has 0 saturated carbocycles. The van der Waals surface area contributed by atoms with Gasteiger partial charge in [-0.3, -0.25) is 4.79 Å². The Morgan fingerprint density at radius 2 is 2.08 bits per heavy atom. The maximum atomic E-state index is 12.4. The third-order valence-electron chi connectivity index (χ3n) is 4.46. The van der Waals surface area contributed by atoms with E-state index in [-0.39, 0.29) is 18.4 Å². The average Bonchev–Trinajstić information content (AvgIpc) is 2.62. The number of carbonyl (C=O) groups is 1. The normalized spacial score (nSPS) is 15.3. The molecular weight excluding hydrogens is 302 g/mol. The molecule has 1 aromatic carbocycles. The number of hydrogen-bond acceptors (Lipinski definition) is 4. The van der Waals surface area contributed by atoms with Gasteiger partial charge in [-0.15, -0.1) is 0 Å². The van der Waals surface area contributed by atoms with E-state index >= 15 is 0 Å². The molecule has 126 valence electrons. The van der Waals surface area contributed by atoms with Crippen LogP contribution in [0, 0.1) is 12.8 Å². The first-order valence-electron chi connectivity index (χ1n) is 8.34. The number of nitrogens with zero attached hydrogens (tertiary/aromatic N) is 2. The highest BCUT2D eigenvalue weighted by Crippen LogP contribution is 2.23. The third kappa shape index (κ3) is 3.92. The molecule has 1 aliphatic heterocycles. The van der Waals surface area contributed by atoms with Crippen molar-refractivity contribution in [1.29, 1.82) is 0 Å². The Morgan fingerprint density at radius 3 is 2.75 bits per heavy atom. The molecule has 1 saturated heterocycles. The highest BCUT2D eigenvalue weighted by Gasteiger charge is 2.25. The van der Waals surface area contributed by atoms with Crippen molar-refractivity contribution in [2.24, 2.45) is 5.92 Å². The fourth-order valence-electron chi connectivity index (χ4n) is 3.01. The first-order chi connectivity index (χ1) is 11.7. The van der Waals surface area contributed by atoms with E-state index in [1.807, 2.05) is 43.5 Å². The van der Waals surface area contributed by atoms with Crippen LogP contribution in [0.25, 0.3) is 0 Å². The van der Waals surface area contributed by atoms with Gasteiger partial charge in [0.05, 0.1) is 6.61 Å². The number of aliphatic hydroxyl groups excluding tert-OH is 1. The van der Waals surface area contributed by atoms with Crippen LogP contribution in [0.1, 0.15) is 24.0 Å². The van der Waals surface area contributed by atoms with E-state index in [1.54, 1.807) is 0 Å². The molecule has 5 nitrogen and oxygen atoms in total. The van der Waals surface area contributed by atoms with E-state index in [2.05, 4.69) is 21.3 Å². The summed E-state index contributed by atoms with van der Waals surface area (Å²) in [5, 5.41) is 12.1. The van der Waals surface area contributed by atoms with Gasteiger partial charge in [0.2, 0.25) is 5.91 Å². The van der Waals surface area contributed by atoms with E-state index < -0.39 is 0 Å². The highest BCUT2D eigenvalue weighted by atomic mass is 16.3. The first kappa shape index (κ1) is 16.5. The van der Waals surface area contributed by atoms with Crippen LogP contribution in [0.15, 0.2) is 42.6 Å². The Kier molecular flexibility index (Phi) is 5.11. The summed E-state index contributed by atoms with van der Waals surface area (Å²) in [6.07, 6.45) is 3.52. The van der Waals surface area contributed by atoms with Crippen LogP contribution in [-0.4, -0.2) is 29.1 Å². The molecule has 0 bridgehead atoms. The molecule has 0 unspecified atom stereocenters. The van der Waals surface area contributed by atoms with E-state index in [0.29, 0.717) is 0 Å². The van der Waals surface area contributed by atoms with Gasteiger partial charge in [-0.2, -0.15) is 0 Å². The molecule has 1 amide bonds. The second-order valence-corrected chi connectivity index (χ2v) is 6.30. The van der Waals surface area contributed by atoms with Crippen molar-refractivity contribution in [2.75, 3.05) is 23.3 Å². The second kappa shape index (κ2) is 7.45. The zero-order valence-electron chi connectivity index (χ0n) is 13.9. The zero-order valence-corrected chi connectivity index (χ0v) is 13.9. The van der Waals surface area contributed by atoms with Gasteiger partial charge in [0.1, 0.15) is 5.82 Å². The predicted octanol–water partition coefficient (Wildman–Crippen LogP) is 2.74. The maximum absolute atomic E-state index is 12.4. The topological polar surface area (TPSA) is 65.5 Å². The summed E-state index contributed by atoms with van der Waals surface area (Å²) in [6.45, 7) is 3.68. The minimum absolute atomic E-state index is 0.0180. The molecule has 0 spiro atoms. The Morgan fingerprint density at radius 1 is 1.29 bits per heavy atom.